The molecule has 0 atom stereocenters. The lowest BCUT2D eigenvalue weighted by Gasteiger charge is -1.97. The molecule has 0 spiro atoms. The van der Waals surface area contributed by atoms with Crippen LogP contribution in [0.3, 0.4) is 0 Å². The normalized spacial score (nSPS) is 11.0. The second kappa shape index (κ2) is 3.29. The maximum absolute atomic E-state index is 5.91. The number of aromatic nitrogens is 2. The average molecular weight is 261 g/mol. The number of hydrogen-bond acceptors (Lipinski definition) is 2. The van der Waals surface area contributed by atoms with Crippen LogP contribution in [0.25, 0.3) is 5.52 Å². The van der Waals surface area contributed by atoms with Gasteiger partial charge in [-0.05, 0) is 28.1 Å². The Kier molecular flexibility index (Phi) is 2.27. The molecule has 68 valence electrons. The van der Waals surface area contributed by atoms with Crippen LogP contribution >= 0.6 is 27.5 Å². The lowest BCUT2D eigenvalue weighted by molar-refractivity contribution is 0.902. The van der Waals surface area contributed by atoms with Crippen LogP contribution in [0.2, 0.25) is 5.15 Å². The molecule has 0 unspecified atom stereocenters. The van der Waals surface area contributed by atoms with E-state index in [1.54, 1.807) is 0 Å². The van der Waals surface area contributed by atoms with E-state index >= 15 is 0 Å². The minimum Gasteiger partial charge on any atom is -0.324 e. The van der Waals surface area contributed by atoms with Gasteiger partial charge in [0.1, 0.15) is 5.82 Å². The van der Waals surface area contributed by atoms with E-state index < -0.39 is 0 Å². The fourth-order valence-electron chi connectivity index (χ4n) is 1.22. The lowest BCUT2D eigenvalue weighted by atomic mass is 10.4. The number of nitrogens with two attached hydrogens (primary N) is 1. The molecule has 2 heterocycles. The van der Waals surface area contributed by atoms with Gasteiger partial charge in [-0.15, -0.1) is 0 Å². The summed E-state index contributed by atoms with van der Waals surface area (Å²) in [5.74, 6) is 0.765. The maximum atomic E-state index is 5.91. The molecule has 0 radical (unpaired) electrons. The Morgan fingerprint density at radius 2 is 2.31 bits per heavy atom. The molecule has 0 saturated carbocycles. The van der Waals surface area contributed by atoms with Gasteiger partial charge in [-0.1, -0.05) is 11.6 Å². The zero-order valence-electron chi connectivity index (χ0n) is 6.67. The number of rotatable bonds is 1. The highest BCUT2D eigenvalue weighted by molar-refractivity contribution is 9.10. The Balaban J connectivity index is 2.81. The second-order valence-corrected chi connectivity index (χ2v) is 3.90. The predicted octanol–water partition coefficient (Wildman–Crippen LogP) is 2.21. The van der Waals surface area contributed by atoms with Crippen LogP contribution in [0.1, 0.15) is 5.82 Å². The molecule has 0 bridgehead atoms. The molecular weight excluding hydrogens is 253 g/mol. The second-order valence-electron chi connectivity index (χ2n) is 2.63. The van der Waals surface area contributed by atoms with E-state index in [-0.39, 0.29) is 0 Å². The first kappa shape index (κ1) is 8.99. The van der Waals surface area contributed by atoms with Gasteiger partial charge in [0.05, 0.1) is 12.1 Å². The first-order chi connectivity index (χ1) is 6.22. The Labute approximate surface area is 88.6 Å². The third kappa shape index (κ3) is 1.45. The van der Waals surface area contributed by atoms with E-state index in [1.165, 1.54) is 0 Å². The highest BCUT2D eigenvalue weighted by Crippen LogP contribution is 2.20. The number of imidazole rings is 1. The summed E-state index contributed by atoms with van der Waals surface area (Å²) in [4.78, 5) is 4.13. The third-order valence-corrected chi connectivity index (χ3v) is 2.56. The first-order valence-corrected chi connectivity index (χ1v) is 4.91. The molecule has 0 aromatic carbocycles. The van der Waals surface area contributed by atoms with Gasteiger partial charge in [0.25, 0.3) is 0 Å². The number of halogens is 2. The molecule has 2 N–H and O–H groups in total. The molecule has 0 aliphatic heterocycles. The van der Waals surface area contributed by atoms with Crippen molar-refractivity contribution in [3.63, 3.8) is 0 Å². The summed E-state index contributed by atoms with van der Waals surface area (Å²) in [5, 5.41) is 0.493. The van der Waals surface area contributed by atoms with Gasteiger partial charge in [0.2, 0.25) is 0 Å². The van der Waals surface area contributed by atoms with Gasteiger partial charge >= 0.3 is 0 Å². The van der Waals surface area contributed by atoms with Gasteiger partial charge in [-0.3, -0.25) is 4.40 Å². The summed E-state index contributed by atoms with van der Waals surface area (Å²) >= 11 is 9.28. The predicted molar refractivity (Wildman–Crippen MR) is 55.8 cm³/mol. The molecule has 0 aliphatic rings. The van der Waals surface area contributed by atoms with Gasteiger partial charge < -0.3 is 5.73 Å². The minimum atomic E-state index is 0.379. The Bertz CT molecular complexity index is 452. The molecular formula is C8H7BrClN3. The number of nitrogens with zero attached hydrogens (tertiary/aromatic N) is 2. The molecule has 0 fully saturated rings. The summed E-state index contributed by atoms with van der Waals surface area (Å²) in [7, 11) is 0. The van der Waals surface area contributed by atoms with Crippen LogP contribution in [-0.4, -0.2) is 9.38 Å². The standard InChI is InChI=1S/C8H7BrClN3/c9-5-1-2-6-8(10)12-7(3-11)13(6)4-5/h1-2,4H,3,11H2. The van der Waals surface area contributed by atoms with E-state index in [0.29, 0.717) is 11.7 Å². The minimum absolute atomic E-state index is 0.379. The van der Waals surface area contributed by atoms with Crippen molar-refractivity contribution in [1.29, 1.82) is 0 Å². The van der Waals surface area contributed by atoms with Crippen molar-refractivity contribution in [2.45, 2.75) is 6.54 Å². The van der Waals surface area contributed by atoms with Gasteiger partial charge in [-0.25, -0.2) is 4.98 Å². The van der Waals surface area contributed by atoms with Crippen LogP contribution in [-0.2, 0) is 6.54 Å². The summed E-state index contributed by atoms with van der Waals surface area (Å²) in [5.41, 5.74) is 6.40. The highest BCUT2D eigenvalue weighted by atomic mass is 79.9. The number of pyridine rings is 1. The number of fused-ring (bicyclic) bond motifs is 1. The molecule has 0 aliphatic carbocycles. The molecule has 2 aromatic heterocycles. The summed E-state index contributed by atoms with van der Waals surface area (Å²) in [6, 6.07) is 3.82. The van der Waals surface area contributed by atoms with Crippen molar-refractivity contribution in [2.75, 3.05) is 0 Å². The molecule has 3 nitrogen and oxygen atoms in total. The fourth-order valence-corrected chi connectivity index (χ4v) is 1.81. The maximum Gasteiger partial charge on any atom is 0.155 e. The van der Waals surface area contributed by atoms with Crippen molar-refractivity contribution in [3.05, 3.63) is 33.8 Å². The lowest BCUT2D eigenvalue weighted by Crippen LogP contribution is -2.02. The topological polar surface area (TPSA) is 43.3 Å². The van der Waals surface area contributed by atoms with Crippen molar-refractivity contribution in [2.24, 2.45) is 5.73 Å². The number of hydrogen-bond donors (Lipinski definition) is 1. The molecule has 13 heavy (non-hydrogen) atoms. The molecule has 0 amide bonds. The van der Waals surface area contributed by atoms with Crippen molar-refractivity contribution >= 4 is 33.0 Å². The quantitative estimate of drug-likeness (QED) is 0.854. The van der Waals surface area contributed by atoms with Gasteiger partial charge in [-0.2, -0.15) is 0 Å². The van der Waals surface area contributed by atoms with Gasteiger partial charge in [0.15, 0.2) is 5.15 Å². The molecule has 5 heteroatoms. The fraction of sp³-hybridized carbons (Fsp3) is 0.125. The van der Waals surface area contributed by atoms with Crippen molar-refractivity contribution in [1.82, 2.24) is 9.38 Å². The summed E-state index contributed by atoms with van der Waals surface area (Å²) in [6.07, 6.45) is 1.90. The molecule has 2 rings (SSSR count). The molecule has 2 aromatic rings. The van der Waals surface area contributed by atoms with Crippen LogP contribution in [0.4, 0.5) is 0 Å². The average Bonchev–Trinajstić information content (AvgIpc) is 2.42. The van der Waals surface area contributed by atoms with E-state index in [0.717, 1.165) is 15.8 Å². The molecule has 0 saturated heterocycles. The zero-order valence-corrected chi connectivity index (χ0v) is 9.01. The van der Waals surface area contributed by atoms with E-state index in [4.69, 9.17) is 17.3 Å². The summed E-state index contributed by atoms with van der Waals surface area (Å²) in [6.45, 7) is 0.379. The Morgan fingerprint density at radius 3 is 3.00 bits per heavy atom. The largest absolute Gasteiger partial charge is 0.324 e. The van der Waals surface area contributed by atoms with Crippen LogP contribution in [0.5, 0.6) is 0 Å². The van der Waals surface area contributed by atoms with E-state index in [1.807, 2.05) is 22.7 Å². The smallest absolute Gasteiger partial charge is 0.155 e. The van der Waals surface area contributed by atoms with E-state index in [9.17, 15) is 0 Å². The summed E-state index contributed by atoms with van der Waals surface area (Å²) < 4.78 is 2.86. The third-order valence-electron chi connectivity index (χ3n) is 1.81. The van der Waals surface area contributed by atoms with Crippen molar-refractivity contribution in [3.8, 4) is 0 Å². The van der Waals surface area contributed by atoms with Crippen LogP contribution in [0.15, 0.2) is 22.8 Å². The van der Waals surface area contributed by atoms with Gasteiger partial charge in [0, 0.05) is 10.7 Å². The monoisotopic (exact) mass is 259 g/mol. The Morgan fingerprint density at radius 1 is 1.54 bits per heavy atom. The Hall–Kier alpha value is -0.580. The SMILES string of the molecule is NCc1nc(Cl)c2ccc(Br)cn12. The zero-order chi connectivity index (χ0) is 9.42. The first-order valence-electron chi connectivity index (χ1n) is 3.74. The van der Waals surface area contributed by atoms with Crippen LogP contribution in [0, 0.1) is 0 Å². The van der Waals surface area contributed by atoms with Crippen LogP contribution < -0.4 is 5.73 Å². The van der Waals surface area contributed by atoms with Crippen molar-refractivity contribution < 1.29 is 0 Å². The van der Waals surface area contributed by atoms with E-state index in [2.05, 4.69) is 20.9 Å². The highest BCUT2D eigenvalue weighted by Gasteiger charge is 2.07.